The van der Waals surface area contributed by atoms with Crippen molar-refractivity contribution in [3.8, 4) is 17.1 Å². The van der Waals surface area contributed by atoms with E-state index >= 15 is 0 Å². The van der Waals surface area contributed by atoms with Gasteiger partial charge in [0.05, 0.1) is 12.4 Å². The van der Waals surface area contributed by atoms with Gasteiger partial charge in [-0.2, -0.15) is 0 Å². The maximum atomic E-state index is 5.75. The van der Waals surface area contributed by atoms with Crippen LogP contribution < -0.4 is 4.74 Å². The van der Waals surface area contributed by atoms with Crippen LogP contribution in [0.15, 0.2) is 48.8 Å². The molecule has 1 aromatic carbocycles. The van der Waals surface area contributed by atoms with Crippen molar-refractivity contribution < 1.29 is 9.47 Å². The Morgan fingerprint density at radius 3 is 2.15 bits per heavy atom. The number of nitrogens with zero attached hydrogens (tertiary/aromatic N) is 2. The van der Waals surface area contributed by atoms with Crippen LogP contribution in [0.1, 0.15) is 96.5 Å². The average molecular weight is 467 g/mol. The van der Waals surface area contributed by atoms with E-state index in [1.165, 1.54) is 63.4 Å². The van der Waals surface area contributed by atoms with Crippen LogP contribution in [0.5, 0.6) is 5.75 Å². The Hall–Kier alpha value is -2.20. The first kappa shape index (κ1) is 28.0. The van der Waals surface area contributed by atoms with Crippen LogP contribution in [-0.2, 0) is 11.2 Å². The minimum absolute atomic E-state index is 0.568. The van der Waals surface area contributed by atoms with Gasteiger partial charge in [-0.1, -0.05) is 95.2 Å². The molecule has 4 heteroatoms. The number of hydrogen-bond acceptors (Lipinski definition) is 4. The summed E-state index contributed by atoms with van der Waals surface area (Å²) < 4.78 is 11.3. The van der Waals surface area contributed by atoms with Gasteiger partial charge in [-0.15, -0.1) is 0 Å². The van der Waals surface area contributed by atoms with E-state index in [-0.39, 0.29) is 0 Å². The van der Waals surface area contributed by atoms with E-state index in [9.17, 15) is 0 Å². The summed E-state index contributed by atoms with van der Waals surface area (Å²) in [5, 5.41) is 0. The highest BCUT2D eigenvalue weighted by atomic mass is 16.5. The van der Waals surface area contributed by atoms with Crippen molar-refractivity contribution in [2.75, 3.05) is 19.8 Å². The predicted octanol–water partition coefficient (Wildman–Crippen LogP) is 8.36. The van der Waals surface area contributed by atoms with E-state index in [0.717, 1.165) is 50.3 Å². The molecule has 0 aliphatic heterocycles. The first-order valence-electron chi connectivity index (χ1n) is 13.6. The van der Waals surface area contributed by atoms with E-state index in [2.05, 4.69) is 60.2 Å². The van der Waals surface area contributed by atoms with Gasteiger partial charge in [-0.3, -0.25) is 0 Å². The number of aryl methyl sites for hydroxylation is 1. The molecular formula is C30H46N2O2. The van der Waals surface area contributed by atoms with Gasteiger partial charge >= 0.3 is 0 Å². The van der Waals surface area contributed by atoms with Crippen molar-refractivity contribution in [1.29, 1.82) is 0 Å². The van der Waals surface area contributed by atoms with E-state index in [4.69, 9.17) is 9.47 Å². The minimum atomic E-state index is 0.568. The Labute approximate surface area is 208 Å². The zero-order valence-corrected chi connectivity index (χ0v) is 21.6. The number of allylic oxidation sites excluding steroid dienone is 1. The minimum Gasteiger partial charge on any atom is -0.486 e. The second-order valence-electron chi connectivity index (χ2n) is 9.05. The predicted molar refractivity (Wildman–Crippen MR) is 143 cm³/mol. The van der Waals surface area contributed by atoms with Gasteiger partial charge in [-0.05, 0) is 44.1 Å². The maximum absolute atomic E-state index is 5.75. The highest BCUT2D eigenvalue weighted by Crippen LogP contribution is 2.18. The molecule has 0 amide bonds. The molecule has 0 spiro atoms. The molecule has 0 atom stereocenters. The third-order valence-electron chi connectivity index (χ3n) is 5.93. The number of ether oxygens (including phenoxy) is 2. The highest BCUT2D eigenvalue weighted by molar-refractivity contribution is 5.55. The lowest BCUT2D eigenvalue weighted by molar-refractivity contribution is 0.130. The lowest BCUT2D eigenvalue weighted by Gasteiger charge is -2.06. The van der Waals surface area contributed by atoms with Gasteiger partial charge in [0.1, 0.15) is 6.61 Å². The summed E-state index contributed by atoms with van der Waals surface area (Å²) in [5.74, 6) is 1.45. The Balaban J connectivity index is 1.60. The molecule has 0 N–H and O–H groups in total. The SMILES string of the molecule is CCCCCCCCC/C=C/COc1cnc(-c2ccc(CCCCCOCCC)cc2)nc1. The third kappa shape index (κ3) is 12.9. The topological polar surface area (TPSA) is 44.2 Å². The molecule has 188 valence electrons. The molecule has 0 saturated heterocycles. The standard InChI is InChI=1S/C30H46N2O2/c1-3-5-6-7-8-9-10-11-12-16-24-34-29-25-31-30(32-26-29)28-20-18-27(19-21-28)17-14-13-15-23-33-22-4-2/h12,16,18-21,25-26H,3-11,13-15,17,22-24H2,1-2H3/b16-12+. The lowest BCUT2D eigenvalue weighted by atomic mass is 10.0. The highest BCUT2D eigenvalue weighted by Gasteiger charge is 2.03. The van der Waals surface area contributed by atoms with E-state index < -0.39 is 0 Å². The molecule has 1 heterocycles. The lowest BCUT2D eigenvalue weighted by Crippen LogP contribution is -1.97. The zero-order chi connectivity index (χ0) is 24.1. The molecule has 34 heavy (non-hydrogen) atoms. The number of aromatic nitrogens is 2. The Kier molecular flexibility index (Phi) is 15.8. The quantitative estimate of drug-likeness (QED) is 0.145. The van der Waals surface area contributed by atoms with Gasteiger partial charge in [-0.25, -0.2) is 9.97 Å². The van der Waals surface area contributed by atoms with Gasteiger partial charge in [0.15, 0.2) is 11.6 Å². The maximum Gasteiger partial charge on any atom is 0.159 e. The molecule has 0 aliphatic carbocycles. The molecule has 2 aromatic rings. The van der Waals surface area contributed by atoms with E-state index in [1.807, 2.05) is 0 Å². The second kappa shape index (κ2) is 19.1. The molecule has 0 saturated carbocycles. The zero-order valence-electron chi connectivity index (χ0n) is 21.6. The number of unbranched alkanes of at least 4 members (excludes halogenated alkanes) is 9. The number of rotatable bonds is 20. The van der Waals surface area contributed by atoms with Crippen molar-refractivity contribution in [3.05, 3.63) is 54.4 Å². The Bertz CT molecular complexity index is 756. The Morgan fingerprint density at radius 1 is 0.706 bits per heavy atom. The molecule has 0 bridgehead atoms. The number of benzene rings is 1. The summed E-state index contributed by atoms with van der Waals surface area (Å²) in [5.41, 5.74) is 2.40. The molecule has 4 nitrogen and oxygen atoms in total. The fraction of sp³-hybridized carbons (Fsp3) is 0.600. The summed E-state index contributed by atoms with van der Waals surface area (Å²) in [6, 6.07) is 8.60. The van der Waals surface area contributed by atoms with Gasteiger partial charge < -0.3 is 9.47 Å². The van der Waals surface area contributed by atoms with Gasteiger partial charge in [0.2, 0.25) is 0 Å². The fourth-order valence-electron chi connectivity index (χ4n) is 3.87. The smallest absolute Gasteiger partial charge is 0.159 e. The van der Waals surface area contributed by atoms with Crippen molar-refractivity contribution in [2.45, 2.75) is 97.3 Å². The molecule has 0 radical (unpaired) electrons. The van der Waals surface area contributed by atoms with Crippen molar-refractivity contribution in [3.63, 3.8) is 0 Å². The van der Waals surface area contributed by atoms with Crippen LogP contribution >= 0.6 is 0 Å². The normalized spacial score (nSPS) is 11.4. The first-order chi connectivity index (χ1) is 16.8. The molecule has 0 aliphatic rings. The van der Waals surface area contributed by atoms with Gasteiger partial charge in [0, 0.05) is 18.8 Å². The van der Waals surface area contributed by atoms with Crippen molar-refractivity contribution >= 4 is 0 Å². The third-order valence-corrected chi connectivity index (χ3v) is 5.93. The molecular weight excluding hydrogens is 420 g/mol. The van der Waals surface area contributed by atoms with Gasteiger partial charge in [0.25, 0.3) is 0 Å². The summed E-state index contributed by atoms with van der Waals surface area (Å²) in [4.78, 5) is 8.97. The summed E-state index contributed by atoms with van der Waals surface area (Å²) in [6.07, 6.45) is 24.2. The summed E-state index contributed by atoms with van der Waals surface area (Å²) in [7, 11) is 0. The van der Waals surface area contributed by atoms with E-state index in [1.54, 1.807) is 12.4 Å². The second-order valence-corrected chi connectivity index (χ2v) is 9.05. The number of hydrogen-bond donors (Lipinski definition) is 0. The van der Waals surface area contributed by atoms with Crippen LogP contribution in [0, 0.1) is 0 Å². The monoisotopic (exact) mass is 466 g/mol. The fourth-order valence-corrected chi connectivity index (χ4v) is 3.87. The molecule has 0 unspecified atom stereocenters. The van der Waals surface area contributed by atoms with Crippen molar-refractivity contribution in [1.82, 2.24) is 9.97 Å². The molecule has 1 aromatic heterocycles. The van der Waals surface area contributed by atoms with Crippen molar-refractivity contribution in [2.24, 2.45) is 0 Å². The van der Waals surface area contributed by atoms with Crippen LogP contribution in [-0.4, -0.2) is 29.8 Å². The summed E-state index contributed by atoms with van der Waals surface area (Å²) in [6.45, 7) is 6.75. The molecule has 2 rings (SSSR count). The Morgan fingerprint density at radius 2 is 1.41 bits per heavy atom. The first-order valence-corrected chi connectivity index (χ1v) is 13.6. The average Bonchev–Trinajstić information content (AvgIpc) is 2.87. The molecule has 0 fully saturated rings. The van der Waals surface area contributed by atoms with Crippen LogP contribution in [0.2, 0.25) is 0 Å². The summed E-state index contributed by atoms with van der Waals surface area (Å²) >= 11 is 0. The van der Waals surface area contributed by atoms with Crippen LogP contribution in [0.3, 0.4) is 0 Å². The van der Waals surface area contributed by atoms with Crippen LogP contribution in [0.25, 0.3) is 11.4 Å². The van der Waals surface area contributed by atoms with Crippen LogP contribution in [0.4, 0.5) is 0 Å². The van der Waals surface area contributed by atoms with E-state index in [0.29, 0.717) is 12.4 Å². The largest absolute Gasteiger partial charge is 0.486 e.